The largest absolute Gasteiger partial charge is 0.417 e. The number of hydrogen-bond acceptors (Lipinski definition) is 3. The van der Waals surface area contributed by atoms with Crippen LogP contribution in [0.2, 0.25) is 5.02 Å². The summed E-state index contributed by atoms with van der Waals surface area (Å²) in [5.74, 6) is 0. The van der Waals surface area contributed by atoms with Gasteiger partial charge in [0, 0.05) is 24.7 Å². The average molecular weight is 343 g/mol. The zero-order valence-electron chi connectivity index (χ0n) is 11.1. The summed E-state index contributed by atoms with van der Waals surface area (Å²) in [6, 6.07) is 2.32. The van der Waals surface area contributed by atoms with Gasteiger partial charge in [-0.05, 0) is 31.2 Å². The summed E-state index contributed by atoms with van der Waals surface area (Å²) in [5.41, 5.74) is -1.24. The number of nitrogens with zero attached hydrogens (tertiary/aromatic N) is 1. The Kier molecular flexibility index (Phi) is 4.53. The van der Waals surface area contributed by atoms with Crippen molar-refractivity contribution in [3.8, 4) is 0 Å². The molecule has 1 aromatic rings. The topological polar surface area (TPSA) is 49.4 Å². The Morgan fingerprint density at radius 3 is 2.57 bits per heavy atom. The molecule has 0 bridgehead atoms. The van der Waals surface area contributed by atoms with Gasteiger partial charge < -0.3 is 5.32 Å². The molecule has 1 heterocycles. The predicted octanol–water partition coefficient (Wildman–Crippen LogP) is 2.34. The molecular formula is C12H14ClF3N2O2S. The Balaban J connectivity index is 2.49. The maximum absolute atomic E-state index is 13.0. The Hall–Kier alpha value is -0.830. The van der Waals surface area contributed by atoms with Crippen LogP contribution in [0.5, 0.6) is 0 Å². The molecule has 0 amide bonds. The van der Waals surface area contributed by atoms with E-state index in [1.54, 1.807) is 0 Å². The van der Waals surface area contributed by atoms with Crippen molar-refractivity contribution < 1.29 is 21.6 Å². The number of benzene rings is 1. The highest BCUT2D eigenvalue weighted by atomic mass is 35.5. The molecule has 1 fully saturated rings. The van der Waals surface area contributed by atoms with Gasteiger partial charge in [0.25, 0.3) is 0 Å². The van der Waals surface area contributed by atoms with Crippen LogP contribution in [0.25, 0.3) is 0 Å². The number of sulfonamides is 1. The van der Waals surface area contributed by atoms with E-state index in [1.165, 1.54) is 7.05 Å². The van der Waals surface area contributed by atoms with Crippen LogP contribution < -0.4 is 5.32 Å². The average Bonchev–Trinajstić information content (AvgIpc) is 2.90. The number of nitrogens with one attached hydrogen (secondary N) is 1. The second kappa shape index (κ2) is 5.75. The highest BCUT2D eigenvalue weighted by Crippen LogP contribution is 2.37. The summed E-state index contributed by atoms with van der Waals surface area (Å²) >= 11 is 5.56. The van der Waals surface area contributed by atoms with Crippen LogP contribution in [0.4, 0.5) is 13.2 Å². The van der Waals surface area contributed by atoms with Crippen molar-refractivity contribution >= 4 is 21.6 Å². The molecule has 1 saturated heterocycles. The van der Waals surface area contributed by atoms with Crippen LogP contribution in [0.3, 0.4) is 0 Å². The lowest BCUT2D eigenvalue weighted by atomic mass is 10.2. The van der Waals surface area contributed by atoms with Crippen LogP contribution in [0, 0.1) is 0 Å². The minimum absolute atomic E-state index is 0.161. The molecule has 0 saturated carbocycles. The van der Waals surface area contributed by atoms with Crippen LogP contribution in [-0.2, 0) is 16.2 Å². The van der Waals surface area contributed by atoms with E-state index in [2.05, 4.69) is 5.32 Å². The molecule has 1 unspecified atom stereocenters. The number of rotatable bonds is 3. The first-order chi connectivity index (χ1) is 9.64. The minimum Gasteiger partial charge on any atom is -0.315 e. The van der Waals surface area contributed by atoms with E-state index < -0.39 is 26.7 Å². The van der Waals surface area contributed by atoms with Gasteiger partial charge in [-0.25, -0.2) is 8.42 Å². The molecule has 1 aliphatic rings. The molecule has 0 radical (unpaired) electrons. The molecule has 9 heteroatoms. The van der Waals surface area contributed by atoms with Gasteiger partial charge in [-0.1, -0.05) is 11.6 Å². The maximum atomic E-state index is 13.0. The summed E-state index contributed by atoms with van der Waals surface area (Å²) < 4.78 is 65.0. The summed E-state index contributed by atoms with van der Waals surface area (Å²) in [6.07, 6.45) is -4.23. The van der Waals surface area contributed by atoms with Gasteiger partial charge >= 0.3 is 6.18 Å². The first kappa shape index (κ1) is 16.5. The highest BCUT2D eigenvalue weighted by Gasteiger charge is 2.40. The molecule has 1 N–H and O–H groups in total. The molecule has 1 aliphatic heterocycles. The third-order valence-corrected chi connectivity index (χ3v) is 5.66. The van der Waals surface area contributed by atoms with Crippen molar-refractivity contribution in [2.24, 2.45) is 0 Å². The maximum Gasteiger partial charge on any atom is 0.417 e. The van der Waals surface area contributed by atoms with Gasteiger partial charge in [-0.15, -0.1) is 0 Å². The Labute approximate surface area is 125 Å². The Morgan fingerprint density at radius 2 is 2.05 bits per heavy atom. The summed E-state index contributed by atoms with van der Waals surface area (Å²) in [6.45, 7) is 1.06. The van der Waals surface area contributed by atoms with Crippen molar-refractivity contribution in [3.05, 3.63) is 28.8 Å². The van der Waals surface area contributed by atoms with Crippen molar-refractivity contribution in [2.45, 2.75) is 23.5 Å². The normalized spacial score (nSPS) is 20.2. The molecule has 0 spiro atoms. The van der Waals surface area contributed by atoms with Gasteiger partial charge in [-0.3, -0.25) is 0 Å². The van der Waals surface area contributed by atoms with E-state index in [9.17, 15) is 21.6 Å². The molecule has 1 atom stereocenters. The van der Waals surface area contributed by atoms with Crippen molar-refractivity contribution in [2.75, 3.05) is 20.1 Å². The van der Waals surface area contributed by atoms with Gasteiger partial charge in [-0.2, -0.15) is 17.5 Å². The Morgan fingerprint density at radius 1 is 1.38 bits per heavy atom. The van der Waals surface area contributed by atoms with Crippen molar-refractivity contribution in [1.29, 1.82) is 0 Å². The monoisotopic (exact) mass is 342 g/mol. The molecule has 4 nitrogen and oxygen atoms in total. The van der Waals surface area contributed by atoms with E-state index in [4.69, 9.17) is 11.6 Å². The fourth-order valence-electron chi connectivity index (χ4n) is 2.25. The van der Waals surface area contributed by atoms with E-state index in [0.29, 0.717) is 25.6 Å². The van der Waals surface area contributed by atoms with Gasteiger partial charge in [0.1, 0.15) is 0 Å². The molecule has 21 heavy (non-hydrogen) atoms. The van der Waals surface area contributed by atoms with E-state index >= 15 is 0 Å². The zero-order chi connectivity index (χ0) is 15.8. The fraction of sp³-hybridized carbons (Fsp3) is 0.500. The lowest BCUT2D eigenvalue weighted by Crippen LogP contribution is -2.39. The molecule has 118 valence electrons. The van der Waals surface area contributed by atoms with E-state index in [0.717, 1.165) is 16.4 Å². The fourth-order valence-corrected chi connectivity index (χ4v) is 4.00. The molecule has 0 aromatic heterocycles. The van der Waals surface area contributed by atoms with E-state index in [-0.39, 0.29) is 11.1 Å². The lowest BCUT2D eigenvalue weighted by Gasteiger charge is -2.25. The van der Waals surface area contributed by atoms with Crippen LogP contribution in [0.15, 0.2) is 23.1 Å². The summed E-state index contributed by atoms with van der Waals surface area (Å²) in [5, 5.41) is 2.82. The predicted molar refractivity (Wildman–Crippen MR) is 72.7 cm³/mol. The highest BCUT2D eigenvalue weighted by molar-refractivity contribution is 7.89. The Bertz CT molecular complexity index is 628. The first-order valence-electron chi connectivity index (χ1n) is 6.19. The van der Waals surface area contributed by atoms with Crippen LogP contribution >= 0.6 is 11.6 Å². The number of hydrogen-bond donors (Lipinski definition) is 1. The van der Waals surface area contributed by atoms with Gasteiger partial charge in [0.15, 0.2) is 0 Å². The number of likely N-dealkylation sites (N-methyl/N-ethyl adjacent to an activating group) is 1. The van der Waals surface area contributed by atoms with Gasteiger partial charge in [0.05, 0.1) is 10.5 Å². The molecule has 2 rings (SSSR count). The third kappa shape index (κ3) is 3.33. The van der Waals surface area contributed by atoms with E-state index in [1.807, 2.05) is 0 Å². The minimum atomic E-state index is -4.79. The quantitative estimate of drug-likeness (QED) is 0.917. The zero-order valence-corrected chi connectivity index (χ0v) is 12.7. The van der Waals surface area contributed by atoms with Crippen molar-refractivity contribution in [3.63, 3.8) is 0 Å². The summed E-state index contributed by atoms with van der Waals surface area (Å²) in [7, 11) is -2.94. The molecule has 0 aliphatic carbocycles. The van der Waals surface area contributed by atoms with Crippen LogP contribution in [-0.4, -0.2) is 38.9 Å². The second-order valence-electron chi connectivity index (χ2n) is 4.81. The molecular weight excluding hydrogens is 329 g/mol. The standard InChI is InChI=1S/C12H14ClF3N2O2S/c1-18(9-4-5-17-7-9)21(19,20)11-3-2-8(13)6-10(11)12(14,15)16/h2-3,6,9,17H,4-5,7H2,1H3. The summed E-state index contributed by atoms with van der Waals surface area (Å²) in [4.78, 5) is -0.770. The SMILES string of the molecule is CN(C1CCNC1)S(=O)(=O)c1ccc(Cl)cc1C(F)(F)F. The van der Waals surface area contributed by atoms with Crippen LogP contribution in [0.1, 0.15) is 12.0 Å². The first-order valence-corrected chi connectivity index (χ1v) is 8.01. The number of halogens is 4. The van der Waals surface area contributed by atoms with Crippen molar-refractivity contribution in [1.82, 2.24) is 9.62 Å². The smallest absolute Gasteiger partial charge is 0.315 e. The lowest BCUT2D eigenvalue weighted by molar-refractivity contribution is -0.139. The molecule has 1 aromatic carbocycles. The second-order valence-corrected chi connectivity index (χ2v) is 7.21. The third-order valence-electron chi connectivity index (χ3n) is 3.45. The number of alkyl halides is 3. The van der Waals surface area contributed by atoms with Gasteiger partial charge in [0.2, 0.25) is 10.0 Å².